The Balaban J connectivity index is 1.62. The van der Waals surface area contributed by atoms with Crippen LogP contribution in [-0.2, 0) is 20.7 Å². The summed E-state index contributed by atoms with van der Waals surface area (Å²) in [5, 5.41) is 15.5. The Kier molecular flexibility index (Phi) is 5.64. The number of anilines is 1. The maximum absolute atomic E-state index is 12.1. The molecule has 3 aromatic carbocycles. The van der Waals surface area contributed by atoms with E-state index in [0.717, 1.165) is 16.3 Å². The van der Waals surface area contributed by atoms with E-state index in [1.54, 1.807) is 13.0 Å². The molecule has 7 heteroatoms. The molecular weight excluding hydrogens is 360 g/mol. The highest BCUT2D eigenvalue weighted by atomic mass is 16.6. The summed E-state index contributed by atoms with van der Waals surface area (Å²) < 4.78 is 5.05. The maximum atomic E-state index is 12.1. The van der Waals surface area contributed by atoms with Crippen molar-refractivity contribution in [2.45, 2.75) is 13.3 Å². The third kappa shape index (κ3) is 4.32. The van der Waals surface area contributed by atoms with Gasteiger partial charge in [-0.3, -0.25) is 19.7 Å². The van der Waals surface area contributed by atoms with Crippen molar-refractivity contribution in [3.63, 3.8) is 0 Å². The van der Waals surface area contributed by atoms with E-state index in [0.29, 0.717) is 5.56 Å². The van der Waals surface area contributed by atoms with Gasteiger partial charge in [0.15, 0.2) is 6.61 Å². The van der Waals surface area contributed by atoms with Gasteiger partial charge >= 0.3 is 5.97 Å². The smallest absolute Gasteiger partial charge is 0.310 e. The third-order valence-corrected chi connectivity index (χ3v) is 4.29. The van der Waals surface area contributed by atoms with E-state index in [9.17, 15) is 19.7 Å². The Labute approximate surface area is 161 Å². The van der Waals surface area contributed by atoms with Gasteiger partial charge in [0.2, 0.25) is 0 Å². The molecule has 0 radical (unpaired) electrons. The van der Waals surface area contributed by atoms with Crippen molar-refractivity contribution in [1.29, 1.82) is 0 Å². The van der Waals surface area contributed by atoms with E-state index in [-0.39, 0.29) is 17.8 Å². The van der Waals surface area contributed by atoms with Crippen LogP contribution in [0, 0.1) is 17.0 Å². The number of carbonyl (C=O) groups is 2. The van der Waals surface area contributed by atoms with E-state index in [2.05, 4.69) is 5.32 Å². The fraction of sp³-hybridized carbons (Fsp3) is 0.143. The number of ether oxygens (including phenoxy) is 1. The summed E-state index contributed by atoms with van der Waals surface area (Å²) in [6, 6.07) is 17.8. The molecule has 0 aliphatic carbocycles. The molecule has 0 bridgehead atoms. The summed E-state index contributed by atoms with van der Waals surface area (Å²) in [7, 11) is 0. The first-order chi connectivity index (χ1) is 13.5. The number of nitrogens with zero attached hydrogens (tertiary/aromatic N) is 1. The molecule has 0 atom stereocenters. The van der Waals surface area contributed by atoms with Crippen LogP contribution in [0.15, 0.2) is 60.7 Å². The van der Waals surface area contributed by atoms with Crippen LogP contribution in [-0.4, -0.2) is 23.4 Å². The molecule has 3 aromatic rings. The molecule has 0 aliphatic rings. The Morgan fingerprint density at radius 3 is 2.54 bits per heavy atom. The molecule has 142 valence electrons. The van der Waals surface area contributed by atoms with E-state index in [1.165, 1.54) is 12.1 Å². The van der Waals surface area contributed by atoms with Crippen LogP contribution in [0.25, 0.3) is 10.8 Å². The number of nitrogens with one attached hydrogen (secondary N) is 1. The molecule has 0 saturated heterocycles. The Hall–Kier alpha value is -3.74. The highest BCUT2D eigenvalue weighted by Crippen LogP contribution is 2.27. The fourth-order valence-corrected chi connectivity index (χ4v) is 2.94. The van der Waals surface area contributed by atoms with Crippen LogP contribution in [0.3, 0.4) is 0 Å². The summed E-state index contributed by atoms with van der Waals surface area (Å²) in [5.74, 6) is -1.19. The maximum Gasteiger partial charge on any atom is 0.310 e. The molecule has 0 saturated carbocycles. The number of benzene rings is 3. The number of fused-ring (bicyclic) bond motifs is 1. The van der Waals surface area contributed by atoms with Crippen molar-refractivity contribution in [2.24, 2.45) is 0 Å². The summed E-state index contributed by atoms with van der Waals surface area (Å²) >= 11 is 0. The quantitative estimate of drug-likeness (QED) is 0.400. The fourth-order valence-electron chi connectivity index (χ4n) is 2.94. The molecular formula is C21H18N2O5. The van der Waals surface area contributed by atoms with Crippen molar-refractivity contribution < 1.29 is 19.2 Å². The number of esters is 1. The molecule has 7 nitrogen and oxygen atoms in total. The molecule has 1 amide bonds. The predicted molar refractivity (Wildman–Crippen MR) is 105 cm³/mol. The van der Waals surface area contributed by atoms with Crippen molar-refractivity contribution >= 4 is 34.0 Å². The normalized spacial score (nSPS) is 10.5. The second-order valence-corrected chi connectivity index (χ2v) is 6.25. The molecule has 0 aliphatic heterocycles. The number of rotatable bonds is 6. The van der Waals surface area contributed by atoms with Crippen molar-refractivity contribution in [3.05, 3.63) is 81.9 Å². The summed E-state index contributed by atoms with van der Waals surface area (Å²) in [5.41, 5.74) is 1.24. The lowest BCUT2D eigenvalue weighted by molar-refractivity contribution is -0.384. The number of nitro benzene ring substituents is 1. The highest BCUT2D eigenvalue weighted by Gasteiger charge is 2.18. The largest absolute Gasteiger partial charge is 0.455 e. The number of para-hydroxylation sites is 1. The molecule has 0 unspecified atom stereocenters. The number of aryl methyl sites for hydroxylation is 1. The minimum atomic E-state index is -0.635. The minimum Gasteiger partial charge on any atom is -0.455 e. The molecule has 0 heterocycles. The number of amides is 1. The van der Waals surface area contributed by atoms with Gasteiger partial charge in [-0.05, 0) is 28.8 Å². The molecule has 3 rings (SSSR count). The number of nitro groups is 1. The van der Waals surface area contributed by atoms with Gasteiger partial charge in [-0.1, -0.05) is 54.6 Å². The first-order valence-corrected chi connectivity index (χ1v) is 8.62. The van der Waals surface area contributed by atoms with E-state index >= 15 is 0 Å². The van der Waals surface area contributed by atoms with Gasteiger partial charge in [-0.15, -0.1) is 0 Å². The van der Waals surface area contributed by atoms with Crippen LogP contribution in [0.4, 0.5) is 11.4 Å². The average Bonchev–Trinajstić information content (AvgIpc) is 2.68. The standard InChI is InChI=1S/C21H18N2O5/c1-14-6-4-11-18(23(26)27)21(14)22-19(24)13-28-20(25)12-16-9-5-8-15-7-2-3-10-17(15)16/h2-11H,12-13H2,1H3,(H,22,24). The van der Waals surface area contributed by atoms with E-state index < -0.39 is 23.4 Å². The van der Waals surface area contributed by atoms with Crippen molar-refractivity contribution in [1.82, 2.24) is 0 Å². The van der Waals surface area contributed by atoms with E-state index in [4.69, 9.17) is 4.74 Å². The number of carbonyl (C=O) groups excluding carboxylic acids is 2. The summed E-state index contributed by atoms with van der Waals surface area (Å²) in [4.78, 5) is 34.8. The number of hydrogen-bond donors (Lipinski definition) is 1. The third-order valence-electron chi connectivity index (χ3n) is 4.29. The van der Waals surface area contributed by atoms with Crippen LogP contribution in [0.1, 0.15) is 11.1 Å². The second-order valence-electron chi connectivity index (χ2n) is 6.25. The van der Waals surface area contributed by atoms with Gasteiger partial charge in [0.05, 0.1) is 11.3 Å². The highest BCUT2D eigenvalue weighted by molar-refractivity contribution is 5.96. The Bertz CT molecular complexity index is 1060. The van der Waals surface area contributed by atoms with Crippen LogP contribution in [0.5, 0.6) is 0 Å². The second kappa shape index (κ2) is 8.30. The lowest BCUT2D eigenvalue weighted by Crippen LogP contribution is -2.22. The van der Waals surface area contributed by atoms with Gasteiger partial charge in [0.1, 0.15) is 5.69 Å². The number of hydrogen-bond acceptors (Lipinski definition) is 5. The molecule has 0 aromatic heterocycles. The van der Waals surface area contributed by atoms with Crippen LogP contribution < -0.4 is 5.32 Å². The average molecular weight is 378 g/mol. The van der Waals surface area contributed by atoms with Gasteiger partial charge in [-0.2, -0.15) is 0 Å². The molecule has 0 spiro atoms. The first-order valence-electron chi connectivity index (χ1n) is 8.62. The van der Waals surface area contributed by atoms with Gasteiger partial charge in [0, 0.05) is 6.07 Å². The summed E-state index contributed by atoms with van der Waals surface area (Å²) in [6.45, 7) is 1.13. The molecule has 0 fully saturated rings. The molecule has 1 N–H and O–H groups in total. The lowest BCUT2D eigenvalue weighted by atomic mass is 10.0. The van der Waals surface area contributed by atoms with Gasteiger partial charge in [-0.25, -0.2) is 0 Å². The van der Waals surface area contributed by atoms with Crippen molar-refractivity contribution in [3.8, 4) is 0 Å². The van der Waals surface area contributed by atoms with Crippen molar-refractivity contribution in [2.75, 3.05) is 11.9 Å². The van der Waals surface area contributed by atoms with E-state index in [1.807, 2.05) is 42.5 Å². The SMILES string of the molecule is Cc1cccc([N+](=O)[O-])c1NC(=O)COC(=O)Cc1cccc2ccccc12. The summed E-state index contributed by atoms with van der Waals surface area (Å²) in [6.07, 6.45) is 0.0269. The monoisotopic (exact) mass is 378 g/mol. The minimum absolute atomic E-state index is 0.0269. The van der Waals surface area contributed by atoms with Gasteiger partial charge < -0.3 is 10.1 Å². The Morgan fingerprint density at radius 2 is 1.75 bits per heavy atom. The zero-order chi connectivity index (χ0) is 20.1. The van der Waals surface area contributed by atoms with Crippen LogP contribution >= 0.6 is 0 Å². The van der Waals surface area contributed by atoms with Gasteiger partial charge in [0.25, 0.3) is 11.6 Å². The zero-order valence-electron chi connectivity index (χ0n) is 15.2. The predicted octanol–water partition coefficient (Wildman–Crippen LogP) is 3.78. The Morgan fingerprint density at radius 1 is 1.04 bits per heavy atom. The molecule has 28 heavy (non-hydrogen) atoms. The van der Waals surface area contributed by atoms with Crippen LogP contribution in [0.2, 0.25) is 0 Å². The topological polar surface area (TPSA) is 98.5 Å². The first kappa shape index (κ1) is 19.0. The zero-order valence-corrected chi connectivity index (χ0v) is 15.2. The lowest BCUT2D eigenvalue weighted by Gasteiger charge is -2.10.